The smallest absolute Gasteiger partial charge is 0.130 e. The lowest BCUT2D eigenvalue weighted by Crippen LogP contribution is -2.11. The summed E-state index contributed by atoms with van der Waals surface area (Å²) in [5.41, 5.74) is 11.5. The summed E-state index contributed by atoms with van der Waals surface area (Å²) >= 11 is 0. The van der Waals surface area contributed by atoms with Crippen LogP contribution in [0, 0.1) is 12.3 Å². The van der Waals surface area contributed by atoms with Gasteiger partial charge >= 0.3 is 0 Å². The molecule has 0 aliphatic rings. The fourth-order valence-electron chi connectivity index (χ4n) is 2.98. The maximum absolute atomic E-state index is 7.69. The molecule has 0 aliphatic carbocycles. The fourth-order valence-corrected chi connectivity index (χ4v) is 2.98. The van der Waals surface area contributed by atoms with E-state index in [9.17, 15) is 0 Å². The maximum atomic E-state index is 7.69. The number of nitrogens with zero attached hydrogens (tertiary/aromatic N) is 2. The van der Waals surface area contributed by atoms with Crippen LogP contribution >= 0.6 is 0 Å². The summed E-state index contributed by atoms with van der Waals surface area (Å²) in [7, 11) is 0. The molecule has 0 bridgehead atoms. The van der Waals surface area contributed by atoms with Gasteiger partial charge in [0.25, 0.3) is 0 Å². The molecule has 5 heteroatoms. The average molecular weight is 359 g/mol. The SMILES string of the molecule is CCCC(N)c1cccc(-c2ccc(C=N)c(Nc3cccc(C)n3)c2)n1. The van der Waals surface area contributed by atoms with Crippen molar-refractivity contribution >= 4 is 17.7 Å². The molecule has 0 fully saturated rings. The molecule has 4 N–H and O–H groups in total. The summed E-state index contributed by atoms with van der Waals surface area (Å²) in [5.74, 6) is 0.752. The van der Waals surface area contributed by atoms with E-state index in [2.05, 4.69) is 17.2 Å². The van der Waals surface area contributed by atoms with Crippen molar-refractivity contribution in [2.45, 2.75) is 32.7 Å². The van der Waals surface area contributed by atoms with Gasteiger partial charge in [0.2, 0.25) is 0 Å². The Hall–Kier alpha value is -3.05. The number of anilines is 2. The van der Waals surface area contributed by atoms with Crippen LogP contribution < -0.4 is 11.1 Å². The highest BCUT2D eigenvalue weighted by atomic mass is 15.0. The average Bonchev–Trinajstić information content (AvgIpc) is 2.68. The van der Waals surface area contributed by atoms with Gasteiger partial charge in [0, 0.05) is 34.8 Å². The molecule has 1 aromatic carbocycles. The second-order valence-corrected chi connectivity index (χ2v) is 6.58. The van der Waals surface area contributed by atoms with Gasteiger partial charge in [-0.2, -0.15) is 0 Å². The van der Waals surface area contributed by atoms with E-state index in [0.29, 0.717) is 0 Å². The molecular weight excluding hydrogens is 334 g/mol. The Bertz CT molecular complexity index is 935. The molecule has 138 valence electrons. The zero-order chi connectivity index (χ0) is 19.2. The summed E-state index contributed by atoms with van der Waals surface area (Å²) in [5, 5.41) is 11.0. The standard InChI is InChI=1S/C22H25N5/c1-3-6-18(24)20-9-5-8-19(26-20)16-11-12-17(14-23)21(13-16)27-22-10-4-7-15(2)25-22/h4-5,7-14,18,23H,3,6,24H2,1-2H3,(H,25,27). The molecule has 1 atom stereocenters. The first-order chi connectivity index (χ1) is 13.1. The minimum atomic E-state index is -0.0510. The molecule has 1 unspecified atom stereocenters. The van der Waals surface area contributed by atoms with Crippen molar-refractivity contribution in [3.05, 3.63) is 71.5 Å². The van der Waals surface area contributed by atoms with Crippen LogP contribution in [-0.2, 0) is 0 Å². The van der Waals surface area contributed by atoms with E-state index < -0.39 is 0 Å². The van der Waals surface area contributed by atoms with Crippen LogP contribution in [0.15, 0.2) is 54.6 Å². The Labute approximate surface area is 160 Å². The van der Waals surface area contributed by atoms with Crippen molar-refractivity contribution in [2.75, 3.05) is 5.32 Å². The lowest BCUT2D eigenvalue weighted by Gasteiger charge is -2.13. The predicted molar refractivity (Wildman–Crippen MR) is 112 cm³/mol. The van der Waals surface area contributed by atoms with Gasteiger partial charge in [-0.25, -0.2) is 4.98 Å². The molecule has 5 nitrogen and oxygen atoms in total. The number of rotatable bonds is 7. The van der Waals surface area contributed by atoms with E-state index in [1.54, 1.807) is 0 Å². The van der Waals surface area contributed by atoms with Gasteiger partial charge in [-0.15, -0.1) is 0 Å². The van der Waals surface area contributed by atoms with E-state index in [1.807, 2.05) is 61.5 Å². The van der Waals surface area contributed by atoms with Gasteiger partial charge in [-0.05, 0) is 43.7 Å². The normalized spacial score (nSPS) is 11.8. The molecule has 0 amide bonds. The molecule has 2 heterocycles. The third kappa shape index (κ3) is 4.57. The molecule has 0 saturated heterocycles. The van der Waals surface area contributed by atoms with Crippen LogP contribution in [0.2, 0.25) is 0 Å². The zero-order valence-corrected chi connectivity index (χ0v) is 15.7. The monoisotopic (exact) mass is 359 g/mol. The maximum Gasteiger partial charge on any atom is 0.130 e. The second-order valence-electron chi connectivity index (χ2n) is 6.58. The third-order valence-electron chi connectivity index (χ3n) is 4.41. The van der Waals surface area contributed by atoms with E-state index >= 15 is 0 Å². The first kappa shape index (κ1) is 18.7. The van der Waals surface area contributed by atoms with Crippen LogP contribution in [0.4, 0.5) is 11.5 Å². The van der Waals surface area contributed by atoms with E-state index in [0.717, 1.165) is 52.6 Å². The first-order valence-corrected chi connectivity index (χ1v) is 9.19. The van der Waals surface area contributed by atoms with Gasteiger partial charge in [0.1, 0.15) is 5.82 Å². The zero-order valence-electron chi connectivity index (χ0n) is 15.7. The van der Waals surface area contributed by atoms with Gasteiger partial charge in [-0.1, -0.05) is 37.6 Å². The van der Waals surface area contributed by atoms with Crippen molar-refractivity contribution in [1.29, 1.82) is 5.41 Å². The molecule has 3 aromatic rings. The summed E-state index contributed by atoms with van der Waals surface area (Å²) in [6, 6.07) is 17.6. The molecule has 0 spiro atoms. The minimum absolute atomic E-state index is 0.0510. The van der Waals surface area contributed by atoms with Crippen molar-refractivity contribution in [3.8, 4) is 11.3 Å². The second kappa shape index (κ2) is 8.56. The van der Waals surface area contributed by atoms with E-state index in [1.165, 1.54) is 6.21 Å². The summed E-state index contributed by atoms with van der Waals surface area (Å²) in [6.07, 6.45) is 3.27. The predicted octanol–water partition coefficient (Wildman–Crippen LogP) is 4.99. The number of pyridine rings is 2. The van der Waals surface area contributed by atoms with Gasteiger partial charge < -0.3 is 16.5 Å². The summed E-state index contributed by atoms with van der Waals surface area (Å²) in [4.78, 5) is 9.24. The lowest BCUT2D eigenvalue weighted by atomic mass is 10.0. The highest BCUT2D eigenvalue weighted by Gasteiger charge is 2.10. The van der Waals surface area contributed by atoms with Crippen molar-refractivity contribution in [3.63, 3.8) is 0 Å². The quantitative estimate of drug-likeness (QED) is 0.518. The first-order valence-electron chi connectivity index (χ1n) is 9.19. The van der Waals surface area contributed by atoms with Crippen LogP contribution in [0.3, 0.4) is 0 Å². The number of benzene rings is 1. The Morgan fingerprint density at radius 2 is 1.93 bits per heavy atom. The molecule has 0 aliphatic heterocycles. The van der Waals surface area contributed by atoms with Crippen LogP contribution in [0.5, 0.6) is 0 Å². The Balaban J connectivity index is 1.95. The number of aromatic nitrogens is 2. The highest BCUT2D eigenvalue weighted by Crippen LogP contribution is 2.27. The van der Waals surface area contributed by atoms with E-state index in [-0.39, 0.29) is 6.04 Å². The number of nitrogens with two attached hydrogens (primary N) is 1. The van der Waals surface area contributed by atoms with E-state index in [4.69, 9.17) is 16.1 Å². The summed E-state index contributed by atoms with van der Waals surface area (Å²) in [6.45, 7) is 4.07. The molecule has 27 heavy (non-hydrogen) atoms. The molecule has 2 aromatic heterocycles. The molecule has 3 rings (SSSR count). The largest absolute Gasteiger partial charge is 0.340 e. The van der Waals surface area contributed by atoms with Crippen molar-refractivity contribution < 1.29 is 0 Å². The topological polar surface area (TPSA) is 87.7 Å². The van der Waals surface area contributed by atoms with Crippen LogP contribution in [0.25, 0.3) is 11.3 Å². The van der Waals surface area contributed by atoms with Gasteiger partial charge in [0.05, 0.1) is 11.4 Å². The van der Waals surface area contributed by atoms with Crippen molar-refractivity contribution in [2.24, 2.45) is 5.73 Å². The molecule has 0 radical (unpaired) electrons. The number of hydrogen-bond acceptors (Lipinski definition) is 5. The number of aryl methyl sites for hydroxylation is 1. The fraction of sp³-hybridized carbons (Fsp3) is 0.227. The van der Waals surface area contributed by atoms with Crippen LogP contribution in [-0.4, -0.2) is 16.2 Å². The Kier molecular flexibility index (Phi) is 5.94. The van der Waals surface area contributed by atoms with Gasteiger partial charge in [-0.3, -0.25) is 4.98 Å². The van der Waals surface area contributed by atoms with Gasteiger partial charge in [0.15, 0.2) is 0 Å². The lowest BCUT2D eigenvalue weighted by molar-refractivity contribution is 0.622. The highest BCUT2D eigenvalue weighted by molar-refractivity contribution is 5.89. The molecule has 0 saturated carbocycles. The minimum Gasteiger partial charge on any atom is -0.340 e. The Morgan fingerprint density at radius 1 is 1.11 bits per heavy atom. The van der Waals surface area contributed by atoms with Crippen LogP contribution in [0.1, 0.15) is 42.8 Å². The number of hydrogen-bond donors (Lipinski definition) is 3. The summed E-state index contributed by atoms with van der Waals surface area (Å²) < 4.78 is 0. The number of nitrogens with one attached hydrogen (secondary N) is 2. The Morgan fingerprint density at radius 3 is 2.67 bits per heavy atom. The van der Waals surface area contributed by atoms with Crippen molar-refractivity contribution in [1.82, 2.24) is 9.97 Å². The molecular formula is C22H25N5. The third-order valence-corrected chi connectivity index (χ3v) is 4.41.